The van der Waals surface area contributed by atoms with Crippen LogP contribution < -0.4 is 16.0 Å². The lowest BCUT2D eigenvalue weighted by molar-refractivity contribution is -0.120. The second-order valence-corrected chi connectivity index (χ2v) is 4.73. The van der Waals surface area contributed by atoms with Crippen molar-refractivity contribution in [3.05, 3.63) is 22.8 Å². The van der Waals surface area contributed by atoms with Crippen LogP contribution >= 0.6 is 11.6 Å². The van der Waals surface area contributed by atoms with Gasteiger partial charge in [-0.3, -0.25) is 9.59 Å². The first-order valence-corrected chi connectivity index (χ1v) is 6.39. The number of carbonyl (C=O) groups excluding carboxylic acids is 2. The van der Waals surface area contributed by atoms with Crippen LogP contribution in [-0.2, 0) is 4.79 Å². The van der Waals surface area contributed by atoms with Crippen LogP contribution in [0.2, 0.25) is 5.15 Å². The number of pyridine rings is 1. The second-order valence-electron chi connectivity index (χ2n) is 4.34. The zero-order valence-electron chi connectivity index (χ0n) is 10.5. The largest absolute Gasteiger partial charge is 0.373 e. The highest BCUT2D eigenvalue weighted by Crippen LogP contribution is 2.18. The minimum absolute atomic E-state index is 0.0375. The number of anilines is 1. The van der Waals surface area contributed by atoms with Gasteiger partial charge in [-0.15, -0.1) is 0 Å². The highest BCUT2D eigenvalue weighted by molar-refractivity contribution is 6.29. The van der Waals surface area contributed by atoms with Crippen molar-refractivity contribution in [1.82, 2.24) is 15.6 Å². The van der Waals surface area contributed by atoms with E-state index in [1.165, 1.54) is 6.07 Å². The topological polar surface area (TPSA) is 83.1 Å². The maximum absolute atomic E-state index is 11.9. The molecule has 0 radical (unpaired) electrons. The minimum Gasteiger partial charge on any atom is -0.373 e. The smallest absolute Gasteiger partial charge is 0.251 e. The number of hydrogen-bond donors (Lipinski definition) is 3. The van der Waals surface area contributed by atoms with Gasteiger partial charge in [-0.1, -0.05) is 11.6 Å². The molecule has 0 saturated heterocycles. The van der Waals surface area contributed by atoms with Crippen molar-refractivity contribution in [3.63, 3.8) is 0 Å². The summed E-state index contributed by atoms with van der Waals surface area (Å²) in [7, 11) is 1.68. The summed E-state index contributed by atoms with van der Waals surface area (Å²) in [6.07, 6.45) is 2.04. The van der Waals surface area contributed by atoms with Gasteiger partial charge in [-0.2, -0.15) is 0 Å². The maximum atomic E-state index is 11.9. The van der Waals surface area contributed by atoms with E-state index in [9.17, 15) is 9.59 Å². The van der Waals surface area contributed by atoms with Gasteiger partial charge in [0.2, 0.25) is 5.91 Å². The van der Waals surface area contributed by atoms with E-state index in [1.807, 2.05) is 0 Å². The molecule has 1 aliphatic carbocycles. The molecule has 0 aliphatic heterocycles. The molecule has 0 unspecified atom stereocenters. The van der Waals surface area contributed by atoms with Gasteiger partial charge in [0.15, 0.2) is 0 Å². The highest BCUT2D eigenvalue weighted by atomic mass is 35.5. The molecular formula is C12H15ClN4O2. The molecule has 1 aromatic rings. The average Bonchev–Trinajstić information content (AvgIpc) is 3.19. The van der Waals surface area contributed by atoms with Gasteiger partial charge in [-0.25, -0.2) is 4.98 Å². The molecule has 102 valence electrons. The monoisotopic (exact) mass is 282 g/mol. The Kier molecular flexibility index (Phi) is 4.21. The van der Waals surface area contributed by atoms with Crippen molar-refractivity contribution in [1.29, 1.82) is 0 Å². The van der Waals surface area contributed by atoms with Crippen LogP contribution in [0.4, 0.5) is 5.82 Å². The maximum Gasteiger partial charge on any atom is 0.251 e. The Bertz CT molecular complexity index is 503. The van der Waals surface area contributed by atoms with Gasteiger partial charge >= 0.3 is 0 Å². The Morgan fingerprint density at radius 1 is 1.42 bits per heavy atom. The van der Waals surface area contributed by atoms with Crippen molar-refractivity contribution in [2.24, 2.45) is 0 Å². The highest BCUT2D eigenvalue weighted by Gasteiger charge is 2.23. The predicted molar refractivity (Wildman–Crippen MR) is 72.3 cm³/mol. The van der Waals surface area contributed by atoms with Gasteiger partial charge in [0.05, 0.1) is 6.54 Å². The van der Waals surface area contributed by atoms with Crippen LogP contribution in [0.25, 0.3) is 0 Å². The molecule has 0 spiro atoms. The summed E-state index contributed by atoms with van der Waals surface area (Å²) in [4.78, 5) is 27.3. The molecule has 2 rings (SSSR count). The number of amides is 2. The minimum atomic E-state index is -0.355. The Morgan fingerprint density at radius 3 is 2.79 bits per heavy atom. The third-order valence-electron chi connectivity index (χ3n) is 2.66. The van der Waals surface area contributed by atoms with Crippen molar-refractivity contribution < 1.29 is 9.59 Å². The van der Waals surface area contributed by atoms with Gasteiger partial charge < -0.3 is 16.0 Å². The number of hydrogen-bond acceptors (Lipinski definition) is 4. The molecule has 1 heterocycles. The lowest BCUT2D eigenvalue weighted by Gasteiger charge is -2.07. The van der Waals surface area contributed by atoms with Crippen LogP contribution in [0.3, 0.4) is 0 Å². The number of rotatable bonds is 5. The molecule has 3 N–H and O–H groups in total. The van der Waals surface area contributed by atoms with Crippen LogP contribution in [0.5, 0.6) is 0 Å². The van der Waals surface area contributed by atoms with Gasteiger partial charge in [0.1, 0.15) is 11.0 Å². The molecule has 2 amide bonds. The van der Waals surface area contributed by atoms with Crippen LogP contribution in [0.15, 0.2) is 12.1 Å². The first-order valence-electron chi connectivity index (χ1n) is 6.01. The molecule has 1 saturated carbocycles. The molecule has 6 nitrogen and oxygen atoms in total. The van der Waals surface area contributed by atoms with E-state index in [4.69, 9.17) is 11.6 Å². The normalized spacial score (nSPS) is 13.8. The molecule has 19 heavy (non-hydrogen) atoms. The molecule has 0 bridgehead atoms. The molecule has 0 aromatic carbocycles. The SMILES string of the molecule is CNc1cc(C(=O)NCC(=O)NC2CC2)cc(Cl)n1. The first-order chi connectivity index (χ1) is 9.08. The van der Waals surface area contributed by atoms with Crippen LogP contribution in [0.1, 0.15) is 23.2 Å². The van der Waals surface area contributed by atoms with Crippen molar-refractivity contribution in [2.45, 2.75) is 18.9 Å². The summed E-state index contributed by atoms with van der Waals surface area (Å²) in [5.74, 6) is -0.0309. The first kappa shape index (κ1) is 13.6. The van der Waals surface area contributed by atoms with Crippen molar-refractivity contribution >= 4 is 29.2 Å². The quantitative estimate of drug-likeness (QED) is 0.697. The fourth-order valence-electron chi connectivity index (χ4n) is 1.53. The van der Waals surface area contributed by atoms with Crippen LogP contribution in [-0.4, -0.2) is 36.4 Å². The number of nitrogens with one attached hydrogen (secondary N) is 3. The standard InChI is InChI=1S/C12H15ClN4O2/c1-14-10-5-7(4-9(13)17-10)12(19)15-6-11(18)16-8-2-3-8/h4-5,8H,2-3,6H2,1H3,(H,14,17)(H,15,19)(H,16,18). The summed E-state index contributed by atoms with van der Waals surface area (Å²) in [5.41, 5.74) is 0.364. The van der Waals surface area contributed by atoms with Crippen molar-refractivity contribution in [2.75, 3.05) is 18.9 Å². The third-order valence-corrected chi connectivity index (χ3v) is 2.86. The fourth-order valence-corrected chi connectivity index (χ4v) is 1.73. The van der Waals surface area contributed by atoms with Crippen molar-refractivity contribution in [3.8, 4) is 0 Å². The van der Waals surface area contributed by atoms with Gasteiger partial charge in [0, 0.05) is 18.7 Å². The van der Waals surface area contributed by atoms with E-state index in [1.54, 1.807) is 13.1 Å². The zero-order valence-corrected chi connectivity index (χ0v) is 11.3. The molecule has 7 heteroatoms. The zero-order chi connectivity index (χ0) is 13.8. The number of nitrogens with zero attached hydrogens (tertiary/aromatic N) is 1. The summed E-state index contributed by atoms with van der Waals surface area (Å²) in [5, 5.41) is 8.36. The Balaban J connectivity index is 1.91. The van der Waals surface area contributed by atoms with E-state index in [2.05, 4.69) is 20.9 Å². The number of halogens is 1. The fraction of sp³-hybridized carbons (Fsp3) is 0.417. The summed E-state index contributed by atoms with van der Waals surface area (Å²) >= 11 is 5.80. The summed E-state index contributed by atoms with van der Waals surface area (Å²) < 4.78 is 0. The van der Waals surface area contributed by atoms with E-state index in [0.29, 0.717) is 11.4 Å². The molecular weight excluding hydrogens is 268 g/mol. The van der Waals surface area contributed by atoms with Gasteiger partial charge in [0.25, 0.3) is 5.91 Å². The summed E-state index contributed by atoms with van der Waals surface area (Å²) in [6, 6.07) is 3.31. The number of aromatic nitrogens is 1. The second kappa shape index (κ2) is 5.88. The van der Waals surface area contributed by atoms with E-state index >= 15 is 0 Å². The lowest BCUT2D eigenvalue weighted by Crippen LogP contribution is -2.37. The third kappa shape index (κ3) is 4.10. The number of carbonyl (C=O) groups is 2. The van der Waals surface area contributed by atoms with E-state index in [-0.39, 0.29) is 29.6 Å². The Hall–Kier alpha value is -1.82. The molecule has 0 atom stereocenters. The van der Waals surface area contributed by atoms with Crippen LogP contribution in [0, 0.1) is 0 Å². The summed E-state index contributed by atoms with van der Waals surface area (Å²) in [6.45, 7) is -0.0375. The molecule has 1 aliphatic rings. The predicted octanol–water partition coefficient (Wildman–Crippen LogP) is 0.785. The molecule has 1 fully saturated rings. The lowest BCUT2D eigenvalue weighted by atomic mass is 10.2. The Morgan fingerprint density at radius 2 is 2.16 bits per heavy atom. The van der Waals surface area contributed by atoms with Gasteiger partial charge in [-0.05, 0) is 25.0 Å². The average molecular weight is 283 g/mol. The molecule has 1 aromatic heterocycles. The Labute approximate surface area is 115 Å². The van der Waals surface area contributed by atoms with E-state index in [0.717, 1.165) is 12.8 Å². The van der Waals surface area contributed by atoms with E-state index < -0.39 is 0 Å².